The zero-order valence-electron chi connectivity index (χ0n) is 10.9. The molecule has 0 saturated carbocycles. The highest BCUT2D eigenvalue weighted by atomic mass is 16.2. The van der Waals surface area contributed by atoms with E-state index in [2.05, 4.69) is 10.6 Å². The summed E-state index contributed by atoms with van der Waals surface area (Å²) >= 11 is 0. The van der Waals surface area contributed by atoms with E-state index in [4.69, 9.17) is 5.73 Å². The molecule has 5 heteroatoms. The minimum atomic E-state index is -0.669. The topological polar surface area (TPSA) is 84.2 Å². The lowest BCUT2D eigenvalue weighted by Gasteiger charge is -2.24. The normalized spacial score (nSPS) is 11.1. The van der Waals surface area contributed by atoms with Crippen LogP contribution in [0.25, 0.3) is 0 Å². The van der Waals surface area contributed by atoms with Crippen LogP contribution in [0.5, 0.6) is 0 Å². The standard InChI is InChI=1S/C13H19N3O2/c1-4-15-13(2,3)12(18)16-10-7-5-6-9(8-10)11(14)17/h5-8,15H,4H2,1-3H3,(H2,14,17)(H,16,18). The maximum atomic E-state index is 12.0. The van der Waals surface area contributed by atoms with Gasteiger partial charge in [-0.25, -0.2) is 0 Å². The van der Waals surface area contributed by atoms with Crippen molar-refractivity contribution in [3.8, 4) is 0 Å². The van der Waals surface area contributed by atoms with E-state index in [1.54, 1.807) is 38.1 Å². The summed E-state index contributed by atoms with van der Waals surface area (Å²) in [7, 11) is 0. The lowest BCUT2D eigenvalue weighted by molar-refractivity contribution is -0.121. The summed E-state index contributed by atoms with van der Waals surface area (Å²) in [5.41, 5.74) is 5.44. The molecule has 0 aromatic heterocycles. The molecule has 0 radical (unpaired) electrons. The molecule has 2 amide bonds. The van der Waals surface area contributed by atoms with E-state index in [-0.39, 0.29) is 5.91 Å². The molecule has 1 aromatic rings. The highest BCUT2D eigenvalue weighted by Gasteiger charge is 2.26. The zero-order valence-corrected chi connectivity index (χ0v) is 10.9. The number of carbonyl (C=O) groups excluding carboxylic acids is 2. The molecule has 0 aliphatic heterocycles. The van der Waals surface area contributed by atoms with Crippen LogP contribution >= 0.6 is 0 Å². The molecule has 4 N–H and O–H groups in total. The maximum Gasteiger partial charge on any atom is 0.248 e. The van der Waals surface area contributed by atoms with E-state index in [0.717, 1.165) is 0 Å². The van der Waals surface area contributed by atoms with Crippen molar-refractivity contribution in [2.45, 2.75) is 26.3 Å². The highest BCUT2D eigenvalue weighted by Crippen LogP contribution is 2.13. The molecule has 0 bridgehead atoms. The molecule has 18 heavy (non-hydrogen) atoms. The molecule has 1 aromatic carbocycles. The third-order valence-corrected chi connectivity index (χ3v) is 2.59. The van der Waals surface area contributed by atoms with Gasteiger partial charge >= 0.3 is 0 Å². The van der Waals surface area contributed by atoms with Gasteiger partial charge in [0.25, 0.3) is 0 Å². The van der Waals surface area contributed by atoms with Gasteiger partial charge in [-0.05, 0) is 38.6 Å². The van der Waals surface area contributed by atoms with Gasteiger partial charge in [0.2, 0.25) is 11.8 Å². The second-order valence-electron chi connectivity index (χ2n) is 4.55. The van der Waals surface area contributed by atoms with Gasteiger partial charge in [-0.15, -0.1) is 0 Å². The van der Waals surface area contributed by atoms with E-state index < -0.39 is 11.4 Å². The number of anilines is 1. The third kappa shape index (κ3) is 3.56. The van der Waals surface area contributed by atoms with Crippen molar-refractivity contribution in [2.75, 3.05) is 11.9 Å². The van der Waals surface area contributed by atoms with Crippen molar-refractivity contribution in [1.29, 1.82) is 0 Å². The molecule has 0 unspecified atom stereocenters. The molecule has 0 spiro atoms. The first-order chi connectivity index (χ1) is 8.36. The quantitative estimate of drug-likeness (QED) is 0.731. The molecule has 1 rings (SSSR count). The smallest absolute Gasteiger partial charge is 0.248 e. The van der Waals surface area contributed by atoms with Gasteiger partial charge < -0.3 is 16.4 Å². The van der Waals surface area contributed by atoms with Crippen LogP contribution in [0.3, 0.4) is 0 Å². The Kier molecular flexibility index (Phi) is 4.44. The molecule has 0 saturated heterocycles. The summed E-state index contributed by atoms with van der Waals surface area (Å²) in [6.45, 7) is 6.22. The minimum Gasteiger partial charge on any atom is -0.366 e. The fourth-order valence-corrected chi connectivity index (χ4v) is 1.56. The fraction of sp³-hybridized carbons (Fsp3) is 0.385. The van der Waals surface area contributed by atoms with E-state index in [1.165, 1.54) is 0 Å². The average Bonchev–Trinajstić information content (AvgIpc) is 2.29. The van der Waals surface area contributed by atoms with Crippen LogP contribution in [0.15, 0.2) is 24.3 Å². The Hall–Kier alpha value is -1.88. The van der Waals surface area contributed by atoms with Gasteiger partial charge in [-0.2, -0.15) is 0 Å². The van der Waals surface area contributed by atoms with Crippen molar-refractivity contribution in [3.05, 3.63) is 29.8 Å². The largest absolute Gasteiger partial charge is 0.366 e. The summed E-state index contributed by atoms with van der Waals surface area (Å²) in [5, 5.41) is 5.83. The van der Waals surface area contributed by atoms with Crippen LogP contribution in [0.2, 0.25) is 0 Å². The van der Waals surface area contributed by atoms with Crippen molar-refractivity contribution >= 4 is 17.5 Å². The number of nitrogens with one attached hydrogen (secondary N) is 2. The van der Waals surface area contributed by atoms with E-state index >= 15 is 0 Å². The van der Waals surface area contributed by atoms with Crippen LogP contribution in [0, 0.1) is 0 Å². The fourth-order valence-electron chi connectivity index (χ4n) is 1.56. The summed E-state index contributed by atoms with van der Waals surface area (Å²) in [6, 6.07) is 6.55. The lowest BCUT2D eigenvalue weighted by Crippen LogP contribution is -2.49. The van der Waals surface area contributed by atoms with Gasteiger partial charge in [-0.3, -0.25) is 9.59 Å². The number of likely N-dealkylation sites (N-methyl/N-ethyl adjacent to an activating group) is 1. The van der Waals surface area contributed by atoms with Crippen LogP contribution in [0.1, 0.15) is 31.1 Å². The third-order valence-electron chi connectivity index (χ3n) is 2.59. The average molecular weight is 249 g/mol. The number of nitrogens with two attached hydrogens (primary N) is 1. The number of carbonyl (C=O) groups is 2. The molecule has 0 aliphatic rings. The first-order valence-corrected chi connectivity index (χ1v) is 5.83. The first kappa shape index (κ1) is 14.2. The highest BCUT2D eigenvalue weighted by molar-refractivity contribution is 5.99. The van der Waals surface area contributed by atoms with Crippen LogP contribution < -0.4 is 16.4 Å². The number of amides is 2. The predicted molar refractivity (Wildman–Crippen MR) is 71.3 cm³/mol. The predicted octanol–water partition coefficient (Wildman–Crippen LogP) is 1.11. The van der Waals surface area contributed by atoms with Crippen LogP contribution in [0.4, 0.5) is 5.69 Å². The van der Waals surface area contributed by atoms with Crippen molar-refractivity contribution < 1.29 is 9.59 Å². The number of hydrogen-bond acceptors (Lipinski definition) is 3. The number of benzene rings is 1. The van der Waals surface area contributed by atoms with Crippen LogP contribution in [-0.4, -0.2) is 23.9 Å². The second kappa shape index (κ2) is 5.64. The monoisotopic (exact) mass is 249 g/mol. The zero-order chi connectivity index (χ0) is 13.8. The Morgan fingerprint density at radius 1 is 1.33 bits per heavy atom. The summed E-state index contributed by atoms with van der Waals surface area (Å²) in [5.74, 6) is -0.678. The van der Waals surface area contributed by atoms with Crippen LogP contribution in [-0.2, 0) is 4.79 Å². The summed E-state index contributed by atoms with van der Waals surface area (Å²) in [4.78, 5) is 23.1. The van der Waals surface area contributed by atoms with Crippen molar-refractivity contribution in [2.24, 2.45) is 5.73 Å². The van der Waals surface area contributed by atoms with Crippen molar-refractivity contribution in [3.63, 3.8) is 0 Å². The van der Waals surface area contributed by atoms with Gasteiger partial charge in [0.15, 0.2) is 0 Å². The van der Waals surface area contributed by atoms with Gasteiger partial charge in [0.05, 0.1) is 5.54 Å². The molecular formula is C13H19N3O2. The maximum absolute atomic E-state index is 12.0. The summed E-state index contributed by atoms with van der Waals surface area (Å²) < 4.78 is 0. The number of hydrogen-bond donors (Lipinski definition) is 3. The molecule has 0 aliphatic carbocycles. The van der Waals surface area contributed by atoms with E-state index in [9.17, 15) is 9.59 Å². The number of primary amides is 1. The molecule has 0 heterocycles. The van der Waals surface area contributed by atoms with Gasteiger partial charge in [0, 0.05) is 11.3 Å². The Balaban J connectivity index is 2.82. The number of rotatable bonds is 5. The molecule has 0 fully saturated rings. The van der Waals surface area contributed by atoms with Gasteiger partial charge in [0.1, 0.15) is 0 Å². The Morgan fingerprint density at radius 3 is 2.56 bits per heavy atom. The second-order valence-corrected chi connectivity index (χ2v) is 4.55. The molecular weight excluding hydrogens is 230 g/mol. The Bertz CT molecular complexity index is 455. The SMILES string of the molecule is CCNC(C)(C)C(=O)Nc1cccc(C(N)=O)c1. The molecule has 0 atom stereocenters. The molecule has 98 valence electrons. The van der Waals surface area contributed by atoms with E-state index in [0.29, 0.717) is 17.8 Å². The van der Waals surface area contributed by atoms with Gasteiger partial charge in [-0.1, -0.05) is 13.0 Å². The summed E-state index contributed by atoms with van der Waals surface area (Å²) in [6.07, 6.45) is 0. The van der Waals surface area contributed by atoms with E-state index in [1.807, 2.05) is 6.92 Å². The first-order valence-electron chi connectivity index (χ1n) is 5.83. The Morgan fingerprint density at radius 2 is 2.00 bits per heavy atom. The minimum absolute atomic E-state index is 0.161. The lowest BCUT2D eigenvalue weighted by atomic mass is 10.0. The Labute approximate surface area is 107 Å². The molecule has 5 nitrogen and oxygen atoms in total. The van der Waals surface area contributed by atoms with Crippen molar-refractivity contribution in [1.82, 2.24) is 5.32 Å².